The number of nitrogens with two attached hydrogens (primary N) is 1. The van der Waals surface area contributed by atoms with E-state index in [-0.39, 0.29) is 11.8 Å². The number of hydrogen-bond acceptors (Lipinski definition) is 3. The maximum Gasteiger partial charge on any atom is 0.237 e. The molecule has 0 fully saturated rings. The summed E-state index contributed by atoms with van der Waals surface area (Å²) in [6.45, 7) is 15.4. The summed E-state index contributed by atoms with van der Waals surface area (Å²) in [5.41, 5.74) is 5.86. The van der Waals surface area contributed by atoms with Gasteiger partial charge in [-0.05, 0) is 31.3 Å². The van der Waals surface area contributed by atoms with E-state index in [2.05, 4.69) is 37.9 Å². The van der Waals surface area contributed by atoms with Crippen molar-refractivity contribution in [2.24, 2.45) is 17.6 Å². The minimum absolute atomic E-state index is 0.0316. The van der Waals surface area contributed by atoms with Gasteiger partial charge < -0.3 is 11.1 Å². The monoisotopic (exact) mass is 271 g/mol. The van der Waals surface area contributed by atoms with E-state index in [9.17, 15) is 4.79 Å². The van der Waals surface area contributed by atoms with Crippen LogP contribution in [-0.4, -0.2) is 42.5 Å². The van der Waals surface area contributed by atoms with Crippen molar-refractivity contribution in [3.8, 4) is 0 Å². The Balaban J connectivity index is 4.44. The molecule has 0 rings (SSSR count). The number of rotatable bonds is 9. The second-order valence-electron chi connectivity index (χ2n) is 6.02. The summed E-state index contributed by atoms with van der Waals surface area (Å²) >= 11 is 0. The summed E-state index contributed by atoms with van der Waals surface area (Å²) in [5.74, 6) is 0.772. The zero-order valence-electron chi connectivity index (χ0n) is 13.6. The average Bonchev–Trinajstić information content (AvgIpc) is 2.34. The highest BCUT2D eigenvalue weighted by Gasteiger charge is 2.21. The van der Waals surface area contributed by atoms with Gasteiger partial charge in [-0.25, -0.2) is 0 Å². The average molecular weight is 271 g/mol. The van der Waals surface area contributed by atoms with Crippen LogP contribution in [0.25, 0.3) is 0 Å². The molecular formula is C15H33N3O. The second kappa shape index (κ2) is 9.32. The first-order valence-electron chi connectivity index (χ1n) is 7.60. The molecular weight excluding hydrogens is 238 g/mol. The summed E-state index contributed by atoms with van der Waals surface area (Å²) in [4.78, 5) is 14.3. The van der Waals surface area contributed by atoms with Crippen molar-refractivity contribution < 1.29 is 4.79 Å². The number of amides is 1. The number of carbonyl (C=O) groups is 1. The molecule has 0 radical (unpaired) electrons. The fourth-order valence-corrected chi connectivity index (χ4v) is 2.28. The molecule has 4 nitrogen and oxygen atoms in total. The Morgan fingerprint density at radius 3 is 2.05 bits per heavy atom. The summed E-state index contributed by atoms with van der Waals surface area (Å²) in [5, 5.41) is 3.01. The smallest absolute Gasteiger partial charge is 0.237 e. The van der Waals surface area contributed by atoms with Crippen LogP contribution in [0.4, 0.5) is 0 Å². The van der Waals surface area contributed by atoms with Crippen LogP contribution in [0.2, 0.25) is 0 Å². The van der Waals surface area contributed by atoms with Gasteiger partial charge in [-0.1, -0.05) is 41.5 Å². The number of carbonyl (C=O) groups excluding carboxylic acids is 1. The molecule has 3 N–H and O–H groups in total. The molecule has 0 aromatic rings. The lowest BCUT2D eigenvalue weighted by molar-refractivity contribution is -0.123. The maximum atomic E-state index is 11.9. The number of hydrogen-bond donors (Lipinski definition) is 2. The van der Waals surface area contributed by atoms with Gasteiger partial charge in [0.2, 0.25) is 5.91 Å². The largest absolute Gasteiger partial charge is 0.353 e. The van der Waals surface area contributed by atoms with Crippen LogP contribution >= 0.6 is 0 Å². The minimum Gasteiger partial charge on any atom is -0.353 e. The van der Waals surface area contributed by atoms with Gasteiger partial charge in [-0.3, -0.25) is 9.69 Å². The lowest BCUT2D eigenvalue weighted by Crippen LogP contribution is -2.49. The Morgan fingerprint density at radius 2 is 1.68 bits per heavy atom. The van der Waals surface area contributed by atoms with Gasteiger partial charge in [-0.15, -0.1) is 0 Å². The quantitative estimate of drug-likeness (QED) is 0.673. The molecule has 1 amide bonds. The molecule has 1 unspecified atom stereocenters. The van der Waals surface area contributed by atoms with Crippen LogP contribution in [-0.2, 0) is 4.79 Å². The molecule has 0 aliphatic heterocycles. The van der Waals surface area contributed by atoms with Gasteiger partial charge in [0.05, 0.1) is 6.04 Å². The molecule has 114 valence electrons. The van der Waals surface area contributed by atoms with Crippen LogP contribution in [0.3, 0.4) is 0 Å². The minimum atomic E-state index is -0.406. The standard InChI is InChI=1S/C15H33N3O/c1-7-18(8-2)13(9-11(3)4)10-17-15(19)14(16)12(5)6/h11-14H,7-10,16H2,1-6H3,(H,17,19)/t13?,14-/m0/s1. The van der Waals surface area contributed by atoms with Crippen molar-refractivity contribution in [1.29, 1.82) is 0 Å². The van der Waals surface area contributed by atoms with Crippen molar-refractivity contribution in [2.45, 2.75) is 60.0 Å². The third-order valence-corrected chi connectivity index (χ3v) is 3.61. The normalized spacial score (nSPS) is 15.1. The van der Waals surface area contributed by atoms with Crippen LogP contribution in [0.15, 0.2) is 0 Å². The Hall–Kier alpha value is -0.610. The highest BCUT2D eigenvalue weighted by atomic mass is 16.2. The highest BCUT2D eigenvalue weighted by molar-refractivity contribution is 5.81. The van der Waals surface area contributed by atoms with Gasteiger partial charge in [0.1, 0.15) is 0 Å². The molecule has 19 heavy (non-hydrogen) atoms. The topological polar surface area (TPSA) is 58.4 Å². The predicted molar refractivity (Wildman–Crippen MR) is 82.0 cm³/mol. The van der Waals surface area contributed by atoms with Gasteiger partial charge >= 0.3 is 0 Å². The van der Waals surface area contributed by atoms with Crippen LogP contribution < -0.4 is 11.1 Å². The molecule has 0 aromatic heterocycles. The van der Waals surface area contributed by atoms with E-state index in [0.717, 1.165) is 19.5 Å². The van der Waals surface area contributed by atoms with E-state index in [4.69, 9.17) is 5.73 Å². The molecule has 2 atom stereocenters. The molecule has 0 saturated carbocycles. The SMILES string of the molecule is CCN(CC)C(CNC(=O)[C@@H](N)C(C)C)CC(C)C. The second-order valence-corrected chi connectivity index (χ2v) is 6.02. The van der Waals surface area contributed by atoms with E-state index < -0.39 is 6.04 Å². The Bertz CT molecular complexity index is 250. The van der Waals surface area contributed by atoms with Gasteiger partial charge in [0.15, 0.2) is 0 Å². The first-order valence-corrected chi connectivity index (χ1v) is 7.60. The van der Waals surface area contributed by atoms with Crippen molar-refractivity contribution in [2.75, 3.05) is 19.6 Å². The number of nitrogens with zero attached hydrogens (tertiary/aromatic N) is 1. The molecule has 4 heteroatoms. The fraction of sp³-hybridized carbons (Fsp3) is 0.933. The third-order valence-electron chi connectivity index (χ3n) is 3.61. The maximum absolute atomic E-state index is 11.9. The van der Waals surface area contributed by atoms with E-state index in [1.54, 1.807) is 0 Å². The number of nitrogens with one attached hydrogen (secondary N) is 1. The molecule has 0 spiro atoms. The Morgan fingerprint density at radius 1 is 1.16 bits per heavy atom. The van der Waals surface area contributed by atoms with E-state index in [1.165, 1.54) is 0 Å². The summed E-state index contributed by atoms with van der Waals surface area (Å²) in [6, 6.07) is -0.00489. The molecule has 0 saturated heterocycles. The van der Waals surface area contributed by atoms with Crippen molar-refractivity contribution in [1.82, 2.24) is 10.2 Å². The van der Waals surface area contributed by atoms with Crippen molar-refractivity contribution in [3.63, 3.8) is 0 Å². The highest BCUT2D eigenvalue weighted by Crippen LogP contribution is 2.11. The first-order chi connectivity index (χ1) is 8.83. The Labute approximate surface area is 119 Å². The predicted octanol–water partition coefficient (Wildman–Crippen LogP) is 1.84. The Kier molecular flexibility index (Phi) is 9.02. The van der Waals surface area contributed by atoms with Crippen LogP contribution in [0.5, 0.6) is 0 Å². The number of likely N-dealkylation sites (N-methyl/N-ethyl adjacent to an activating group) is 1. The van der Waals surface area contributed by atoms with E-state index in [1.807, 2.05) is 13.8 Å². The molecule has 0 heterocycles. The lowest BCUT2D eigenvalue weighted by atomic mass is 10.0. The summed E-state index contributed by atoms with van der Waals surface area (Å²) in [7, 11) is 0. The van der Waals surface area contributed by atoms with Gasteiger partial charge in [0.25, 0.3) is 0 Å². The van der Waals surface area contributed by atoms with E-state index in [0.29, 0.717) is 18.5 Å². The molecule has 0 aliphatic rings. The molecule has 0 bridgehead atoms. The zero-order valence-corrected chi connectivity index (χ0v) is 13.6. The summed E-state index contributed by atoms with van der Waals surface area (Å²) < 4.78 is 0. The summed E-state index contributed by atoms with van der Waals surface area (Å²) in [6.07, 6.45) is 1.10. The van der Waals surface area contributed by atoms with Crippen molar-refractivity contribution >= 4 is 5.91 Å². The fourth-order valence-electron chi connectivity index (χ4n) is 2.28. The van der Waals surface area contributed by atoms with E-state index >= 15 is 0 Å². The third kappa shape index (κ3) is 6.92. The first kappa shape index (κ1) is 18.4. The van der Waals surface area contributed by atoms with Crippen LogP contribution in [0.1, 0.15) is 48.0 Å². The lowest BCUT2D eigenvalue weighted by Gasteiger charge is -2.31. The zero-order chi connectivity index (χ0) is 15.0. The van der Waals surface area contributed by atoms with Gasteiger partial charge in [-0.2, -0.15) is 0 Å². The molecule has 0 aromatic carbocycles. The van der Waals surface area contributed by atoms with Crippen molar-refractivity contribution in [3.05, 3.63) is 0 Å². The van der Waals surface area contributed by atoms with Gasteiger partial charge in [0, 0.05) is 12.6 Å². The van der Waals surface area contributed by atoms with Crippen LogP contribution in [0, 0.1) is 11.8 Å². The molecule has 0 aliphatic carbocycles.